The summed E-state index contributed by atoms with van der Waals surface area (Å²) < 4.78 is 15.8. The van der Waals surface area contributed by atoms with Crippen molar-refractivity contribution in [3.05, 3.63) is 45.9 Å². The third-order valence-electron chi connectivity index (χ3n) is 3.47. The van der Waals surface area contributed by atoms with Crippen molar-refractivity contribution in [2.24, 2.45) is 0 Å². The molecule has 1 aliphatic heterocycles. The fourth-order valence-corrected chi connectivity index (χ4v) is 2.77. The first-order valence-corrected chi connectivity index (χ1v) is 8.31. The SMILES string of the molecule is Nc1c(Cl)cc(Cl)cc1C(=O)OCC(=O)Nc1ccc2c(c1)OCCO2. The molecule has 9 heteroatoms. The number of nitrogens with two attached hydrogens (primary N) is 1. The van der Waals surface area contributed by atoms with Crippen LogP contribution in [-0.2, 0) is 9.53 Å². The Morgan fingerprint density at radius 2 is 1.85 bits per heavy atom. The molecule has 1 aliphatic rings. The highest BCUT2D eigenvalue weighted by Gasteiger charge is 2.17. The molecule has 2 aromatic rings. The molecule has 2 aromatic carbocycles. The maximum Gasteiger partial charge on any atom is 0.340 e. The number of hydrogen-bond acceptors (Lipinski definition) is 6. The lowest BCUT2D eigenvalue weighted by molar-refractivity contribution is -0.119. The van der Waals surface area contributed by atoms with Crippen LogP contribution in [0, 0.1) is 0 Å². The Kier molecular flexibility index (Phi) is 5.39. The van der Waals surface area contributed by atoms with Crippen LogP contribution < -0.4 is 20.5 Å². The molecule has 0 fully saturated rings. The lowest BCUT2D eigenvalue weighted by Gasteiger charge is -2.19. The number of hydrogen-bond donors (Lipinski definition) is 2. The zero-order valence-corrected chi connectivity index (χ0v) is 14.9. The van der Waals surface area contributed by atoms with Crippen molar-refractivity contribution >= 4 is 46.5 Å². The Bertz CT molecular complexity index is 872. The van der Waals surface area contributed by atoms with Gasteiger partial charge in [-0.25, -0.2) is 4.79 Å². The molecule has 0 radical (unpaired) electrons. The molecular formula is C17H14Cl2N2O5. The van der Waals surface area contributed by atoms with Gasteiger partial charge in [-0.15, -0.1) is 0 Å². The van der Waals surface area contributed by atoms with Gasteiger partial charge in [-0.05, 0) is 24.3 Å². The van der Waals surface area contributed by atoms with Crippen LogP contribution in [0.4, 0.5) is 11.4 Å². The second-order valence-corrected chi connectivity index (χ2v) is 6.18. The summed E-state index contributed by atoms with van der Waals surface area (Å²) in [5.41, 5.74) is 6.25. The van der Waals surface area contributed by atoms with Gasteiger partial charge in [-0.2, -0.15) is 0 Å². The topological polar surface area (TPSA) is 99.9 Å². The third-order valence-corrected chi connectivity index (χ3v) is 4.01. The number of esters is 1. The Balaban J connectivity index is 1.60. The number of anilines is 2. The van der Waals surface area contributed by atoms with Crippen LogP contribution in [0.1, 0.15) is 10.4 Å². The van der Waals surface area contributed by atoms with E-state index in [9.17, 15) is 9.59 Å². The van der Waals surface area contributed by atoms with Gasteiger partial charge in [0.05, 0.1) is 16.3 Å². The van der Waals surface area contributed by atoms with Crippen molar-refractivity contribution in [1.29, 1.82) is 0 Å². The van der Waals surface area contributed by atoms with E-state index < -0.39 is 18.5 Å². The first kappa shape index (κ1) is 18.2. The van der Waals surface area contributed by atoms with Gasteiger partial charge in [0.2, 0.25) is 0 Å². The van der Waals surface area contributed by atoms with E-state index in [2.05, 4.69) is 5.32 Å². The van der Waals surface area contributed by atoms with E-state index in [-0.39, 0.29) is 21.3 Å². The van der Waals surface area contributed by atoms with E-state index in [1.807, 2.05) is 0 Å². The van der Waals surface area contributed by atoms with Gasteiger partial charge in [-0.1, -0.05) is 23.2 Å². The predicted octanol–water partition coefficient (Wildman–Crippen LogP) is 3.14. The highest BCUT2D eigenvalue weighted by Crippen LogP contribution is 2.32. The lowest BCUT2D eigenvalue weighted by Crippen LogP contribution is -2.22. The first-order valence-electron chi connectivity index (χ1n) is 7.55. The number of halogens is 2. The zero-order chi connectivity index (χ0) is 18.7. The summed E-state index contributed by atoms with van der Waals surface area (Å²) >= 11 is 11.7. The van der Waals surface area contributed by atoms with E-state index in [0.29, 0.717) is 30.4 Å². The van der Waals surface area contributed by atoms with Crippen LogP contribution in [0.3, 0.4) is 0 Å². The molecule has 3 rings (SSSR count). The van der Waals surface area contributed by atoms with E-state index in [4.69, 9.17) is 43.1 Å². The average Bonchev–Trinajstić information content (AvgIpc) is 2.62. The van der Waals surface area contributed by atoms with Crippen LogP contribution in [0.2, 0.25) is 10.0 Å². The molecule has 0 aromatic heterocycles. The Labute approximate surface area is 158 Å². The third kappa shape index (κ3) is 4.12. The van der Waals surface area contributed by atoms with Crippen LogP contribution in [0.5, 0.6) is 11.5 Å². The largest absolute Gasteiger partial charge is 0.486 e. The minimum Gasteiger partial charge on any atom is -0.486 e. The maximum atomic E-state index is 12.1. The second kappa shape index (κ2) is 7.72. The maximum absolute atomic E-state index is 12.1. The molecule has 0 saturated carbocycles. The fraction of sp³-hybridized carbons (Fsp3) is 0.176. The van der Waals surface area contributed by atoms with Crippen molar-refractivity contribution in [1.82, 2.24) is 0 Å². The smallest absolute Gasteiger partial charge is 0.340 e. The summed E-state index contributed by atoms with van der Waals surface area (Å²) in [7, 11) is 0. The molecule has 1 amide bonds. The summed E-state index contributed by atoms with van der Waals surface area (Å²) in [4.78, 5) is 24.1. The minimum atomic E-state index is -0.802. The van der Waals surface area contributed by atoms with E-state index in [1.54, 1.807) is 18.2 Å². The molecule has 0 unspecified atom stereocenters. The van der Waals surface area contributed by atoms with Crippen molar-refractivity contribution < 1.29 is 23.8 Å². The number of nitrogen functional groups attached to an aromatic ring is 1. The zero-order valence-electron chi connectivity index (χ0n) is 13.4. The first-order chi connectivity index (χ1) is 12.4. The predicted molar refractivity (Wildman–Crippen MR) is 97.2 cm³/mol. The number of nitrogens with one attached hydrogen (secondary N) is 1. The average molecular weight is 397 g/mol. The summed E-state index contributed by atoms with van der Waals surface area (Å²) in [5, 5.41) is 2.96. The van der Waals surface area contributed by atoms with E-state index in [1.165, 1.54) is 12.1 Å². The monoisotopic (exact) mass is 396 g/mol. The molecule has 0 aliphatic carbocycles. The van der Waals surface area contributed by atoms with Crippen molar-refractivity contribution in [3.8, 4) is 11.5 Å². The summed E-state index contributed by atoms with van der Waals surface area (Å²) in [6.07, 6.45) is 0. The number of rotatable bonds is 4. The van der Waals surface area contributed by atoms with Gasteiger partial charge >= 0.3 is 5.97 Å². The van der Waals surface area contributed by atoms with Gasteiger partial charge in [0, 0.05) is 16.8 Å². The molecule has 0 bridgehead atoms. The molecule has 136 valence electrons. The van der Waals surface area contributed by atoms with Gasteiger partial charge in [-0.3, -0.25) is 4.79 Å². The minimum absolute atomic E-state index is 0.00497. The van der Waals surface area contributed by atoms with E-state index >= 15 is 0 Å². The van der Waals surface area contributed by atoms with Crippen LogP contribution >= 0.6 is 23.2 Å². The summed E-state index contributed by atoms with van der Waals surface area (Å²) in [5.74, 6) is -0.188. The number of carbonyl (C=O) groups is 2. The highest BCUT2D eigenvalue weighted by molar-refractivity contribution is 6.37. The molecule has 7 nitrogen and oxygen atoms in total. The van der Waals surface area contributed by atoms with Gasteiger partial charge in [0.15, 0.2) is 18.1 Å². The van der Waals surface area contributed by atoms with Crippen LogP contribution in [0.25, 0.3) is 0 Å². The van der Waals surface area contributed by atoms with Crippen molar-refractivity contribution in [2.45, 2.75) is 0 Å². The van der Waals surface area contributed by atoms with Crippen molar-refractivity contribution in [3.63, 3.8) is 0 Å². The molecule has 0 saturated heterocycles. The normalized spacial score (nSPS) is 12.4. The molecule has 26 heavy (non-hydrogen) atoms. The molecule has 0 spiro atoms. The number of amides is 1. The van der Waals surface area contributed by atoms with Crippen molar-refractivity contribution in [2.75, 3.05) is 30.9 Å². The molecule has 3 N–H and O–H groups in total. The number of benzene rings is 2. The molecule has 0 atom stereocenters. The number of fused-ring (bicyclic) bond motifs is 1. The lowest BCUT2D eigenvalue weighted by atomic mass is 10.2. The quantitative estimate of drug-likeness (QED) is 0.608. The number of ether oxygens (including phenoxy) is 3. The van der Waals surface area contributed by atoms with Gasteiger partial charge in [0.25, 0.3) is 5.91 Å². The van der Waals surface area contributed by atoms with Crippen LogP contribution in [0.15, 0.2) is 30.3 Å². The second-order valence-electron chi connectivity index (χ2n) is 5.33. The Morgan fingerprint density at radius 1 is 1.12 bits per heavy atom. The Morgan fingerprint density at radius 3 is 2.62 bits per heavy atom. The molecular weight excluding hydrogens is 383 g/mol. The van der Waals surface area contributed by atoms with Gasteiger partial charge in [0.1, 0.15) is 13.2 Å². The summed E-state index contributed by atoms with van der Waals surface area (Å²) in [6, 6.07) is 7.70. The van der Waals surface area contributed by atoms with Crippen LogP contribution in [-0.4, -0.2) is 31.7 Å². The van der Waals surface area contributed by atoms with Gasteiger partial charge < -0.3 is 25.3 Å². The molecule has 1 heterocycles. The standard InChI is InChI=1S/C17H14Cl2N2O5/c18-9-5-11(16(20)12(19)6-9)17(23)26-8-15(22)21-10-1-2-13-14(7-10)25-4-3-24-13/h1-2,5-7H,3-4,8,20H2,(H,21,22). The Hall–Kier alpha value is -2.64. The number of carbonyl (C=O) groups excluding carboxylic acids is 2. The highest BCUT2D eigenvalue weighted by atomic mass is 35.5. The van der Waals surface area contributed by atoms with E-state index in [0.717, 1.165) is 0 Å². The summed E-state index contributed by atoms with van der Waals surface area (Å²) in [6.45, 7) is 0.411. The fourth-order valence-electron chi connectivity index (χ4n) is 2.28.